The molecule has 1 saturated heterocycles. The molecule has 5 rings (SSSR count). The number of hydrogen-bond donors (Lipinski definition) is 6. The van der Waals surface area contributed by atoms with Gasteiger partial charge < -0.3 is 40.1 Å². The molecule has 3 saturated carbocycles. The van der Waals surface area contributed by atoms with Crippen LogP contribution in [-0.4, -0.2) is 103 Å². The molecule has 5 aliphatic rings. The van der Waals surface area contributed by atoms with Crippen molar-refractivity contribution in [2.45, 2.75) is 123 Å². The van der Waals surface area contributed by atoms with Gasteiger partial charge in [0.2, 0.25) is 0 Å². The summed E-state index contributed by atoms with van der Waals surface area (Å²) in [7, 11) is 0. The molecule has 6 N–H and O–H groups in total. The summed E-state index contributed by atoms with van der Waals surface area (Å²) in [5.41, 5.74) is -4.19. The first-order valence-electron chi connectivity index (χ1n) is 16.6. The second-order valence-electron chi connectivity index (χ2n) is 16.2. The van der Waals surface area contributed by atoms with Crippen LogP contribution < -0.4 is 0 Å². The number of Topliss-reactive ketones (excluding diaryl/α,β-unsaturated/α-hetero) is 2. The normalized spacial score (nSPS) is 47.5. The van der Waals surface area contributed by atoms with Crippen LogP contribution in [0.25, 0.3) is 0 Å². The van der Waals surface area contributed by atoms with Crippen LogP contribution in [0.5, 0.6) is 0 Å². The lowest BCUT2D eigenvalue weighted by molar-refractivity contribution is -0.311. The minimum absolute atomic E-state index is 0.00223. The standard InChI is InChI=1S/C36H52O11/c1-17(2)9-12-24(39)36(8,45)29-20(38)14-33(5)23-11-10-18-19(35(23,7)25(40)15-34(29,33)6)13-21(30(44)32(18,3)4)46-31-28(43)27(42)26(41)22(16-37)47-31/h9-10,12,19-23,26-29,31,37-38,41-43,45H,1,11,13-16H2,2-8H3/b12-9+/t19-,20-,21+,22-,23+,26-,27+,28-,29+,31-,33+,34-,35+,36+/m1/s1. The SMILES string of the molecule is C=C(C)/C=C/C(=O)[C@](C)(O)[C@H]1[C@H](O)C[C@@]2(C)[C@@H]3CC=C4[C@@H](C[C@H](O[C@@H]5O[C@H](CO)[C@@H](O)[C@H](O)[C@H]5O)C(=O)C4(C)C)[C@]3(C)C(=O)C[C@]12C. The second-order valence-corrected chi connectivity index (χ2v) is 16.2. The van der Waals surface area contributed by atoms with Crippen LogP contribution in [0.3, 0.4) is 0 Å². The van der Waals surface area contributed by atoms with Crippen LogP contribution in [0.1, 0.15) is 74.1 Å². The Labute approximate surface area is 276 Å². The zero-order chi connectivity index (χ0) is 35.2. The van der Waals surface area contributed by atoms with Crippen molar-refractivity contribution in [3.63, 3.8) is 0 Å². The van der Waals surface area contributed by atoms with Gasteiger partial charge in [0, 0.05) is 23.2 Å². The predicted molar refractivity (Wildman–Crippen MR) is 169 cm³/mol. The zero-order valence-electron chi connectivity index (χ0n) is 28.5. The smallest absolute Gasteiger partial charge is 0.187 e. The van der Waals surface area contributed by atoms with E-state index < -0.39 is 94.4 Å². The largest absolute Gasteiger partial charge is 0.394 e. The number of carbonyl (C=O) groups excluding carboxylic acids is 3. The molecule has 14 atom stereocenters. The van der Waals surface area contributed by atoms with E-state index in [1.165, 1.54) is 19.1 Å². The van der Waals surface area contributed by atoms with E-state index in [1.54, 1.807) is 20.8 Å². The Hall–Kier alpha value is -2.09. The van der Waals surface area contributed by atoms with Gasteiger partial charge in [-0.2, -0.15) is 0 Å². The van der Waals surface area contributed by atoms with E-state index in [4.69, 9.17) is 9.47 Å². The number of carbonyl (C=O) groups is 3. The average Bonchev–Trinajstić information content (AvgIpc) is 3.19. The third-order valence-corrected chi connectivity index (χ3v) is 13.2. The summed E-state index contributed by atoms with van der Waals surface area (Å²) < 4.78 is 11.6. The number of aliphatic hydroxyl groups excluding tert-OH is 5. The maximum absolute atomic E-state index is 14.7. The van der Waals surface area contributed by atoms with Gasteiger partial charge in [-0.1, -0.05) is 50.6 Å². The molecule has 4 aliphatic carbocycles. The minimum Gasteiger partial charge on any atom is -0.394 e. The monoisotopic (exact) mass is 660 g/mol. The maximum Gasteiger partial charge on any atom is 0.187 e. The van der Waals surface area contributed by atoms with Gasteiger partial charge in [0.15, 0.2) is 17.9 Å². The molecule has 0 spiro atoms. The summed E-state index contributed by atoms with van der Waals surface area (Å²) in [5, 5.41) is 64.2. The highest BCUT2D eigenvalue weighted by Crippen LogP contribution is 2.74. The van der Waals surface area contributed by atoms with Crippen molar-refractivity contribution in [3.8, 4) is 0 Å². The summed E-state index contributed by atoms with van der Waals surface area (Å²) >= 11 is 0. The third-order valence-electron chi connectivity index (χ3n) is 13.2. The van der Waals surface area contributed by atoms with Crippen LogP contribution in [0.15, 0.2) is 36.0 Å². The number of allylic oxidation sites excluding steroid dienone is 4. The van der Waals surface area contributed by atoms with Crippen LogP contribution in [0, 0.1) is 39.4 Å². The van der Waals surface area contributed by atoms with E-state index >= 15 is 0 Å². The molecular formula is C36H52O11. The Kier molecular flexibility index (Phi) is 9.06. The van der Waals surface area contributed by atoms with E-state index in [1.807, 2.05) is 26.8 Å². The highest BCUT2D eigenvalue weighted by Gasteiger charge is 2.74. The molecule has 0 amide bonds. The fourth-order valence-electron chi connectivity index (χ4n) is 10.4. The number of hydrogen-bond acceptors (Lipinski definition) is 11. The Bertz CT molecular complexity index is 1390. The Balaban J connectivity index is 1.51. The molecule has 0 aromatic rings. The van der Waals surface area contributed by atoms with Crippen molar-refractivity contribution < 1.29 is 54.5 Å². The molecule has 0 aromatic heterocycles. The fourth-order valence-corrected chi connectivity index (χ4v) is 10.4. The molecule has 1 heterocycles. The van der Waals surface area contributed by atoms with Gasteiger partial charge in [-0.15, -0.1) is 0 Å². The van der Waals surface area contributed by atoms with Gasteiger partial charge >= 0.3 is 0 Å². The van der Waals surface area contributed by atoms with Gasteiger partial charge in [-0.3, -0.25) is 14.4 Å². The van der Waals surface area contributed by atoms with E-state index in [0.717, 1.165) is 5.57 Å². The topological polar surface area (TPSA) is 191 Å². The van der Waals surface area contributed by atoms with Gasteiger partial charge in [0.1, 0.15) is 41.9 Å². The quantitative estimate of drug-likeness (QED) is 0.132. The van der Waals surface area contributed by atoms with Crippen molar-refractivity contribution in [2.75, 3.05) is 6.61 Å². The molecule has 47 heavy (non-hydrogen) atoms. The van der Waals surface area contributed by atoms with E-state index in [9.17, 15) is 45.0 Å². The number of ether oxygens (including phenoxy) is 2. The van der Waals surface area contributed by atoms with Gasteiger partial charge in [0.05, 0.1) is 12.7 Å². The number of rotatable bonds is 7. The third kappa shape index (κ3) is 5.11. The maximum atomic E-state index is 14.7. The molecule has 262 valence electrons. The van der Waals surface area contributed by atoms with Crippen LogP contribution in [0.4, 0.5) is 0 Å². The molecule has 11 nitrogen and oxygen atoms in total. The average molecular weight is 661 g/mol. The highest BCUT2D eigenvalue weighted by molar-refractivity contribution is 5.98. The molecule has 1 aliphatic heterocycles. The van der Waals surface area contributed by atoms with Crippen molar-refractivity contribution in [1.29, 1.82) is 0 Å². The molecule has 0 bridgehead atoms. The summed E-state index contributed by atoms with van der Waals surface area (Å²) in [6, 6.07) is 0. The van der Waals surface area contributed by atoms with Gasteiger partial charge in [-0.25, -0.2) is 0 Å². The number of aliphatic hydroxyl groups is 6. The van der Waals surface area contributed by atoms with E-state index in [0.29, 0.717) is 12.0 Å². The second kappa shape index (κ2) is 11.8. The van der Waals surface area contributed by atoms with Crippen molar-refractivity contribution in [1.82, 2.24) is 0 Å². The minimum atomic E-state index is -1.95. The lowest BCUT2D eigenvalue weighted by Gasteiger charge is -2.64. The fraction of sp³-hybridized carbons (Fsp3) is 0.750. The first kappa shape index (κ1) is 36.2. The van der Waals surface area contributed by atoms with Crippen LogP contribution in [-0.2, 0) is 23.9 Å². The molecule has 0 unspecified atom stereocenters. The Morgan fingerprint density at radius 1 is 1.06 bits per heavy atom. The molecular weight excluding hydrogens is 608 g/mol. The van der Waals surface area contributed by atoms with Gasteiger partial charge in [0.25, 0.3) is 0 Å². The highest BCUT2D eigenvalue weighted by atomic mass is 16.7. The predicted octanol–water partition coefficient (Wildman–Crippen LogP) is 1.56. The number of fused-ring (bicyclic) bond motifs is 5. The van der Waals surface area contributed by atoms with Gasteiger partial charge in [-0.05, 0) is 75.7 Å². The summed E-state index contributed by atoms with van der Waals surface area (Å²) in [4.78, 5) is 41.9. The summed E-state index contributed by atoms with van der Waals surface area (Å²) in [6.45, 7) is 15.7. The lowest BCUT2D eigenvalue weighted by atomic mass is 9.38. The number of ketones is 3. The first-order valence-corrected chi connectivity index (χ1v) is 16.6. The van der Waals surface area contributed by atoms with Crippen molar-refractivity contribution in [2.24, 2.45) is 39.4 Å². The van der Waals surface area contributed by atoms with Crippen LogP contribution in [0.2, 0.25) is 0 Å². The van der Waals surface area contributed by atoms with Crippen molar-refractivity contribution in [3.05, 3.63) is 36.0 Å². The Morgan fingerprint density at radius 2 is 1.70 bits per heavy atom. The summed E-state index contributed by atoms with van der Waals surface area (Å²) in [6.07, 6.45) is -4.25. The first-order chi connectivity index (χ1) is 21.6. The summed E-state index contributed by atoms with van der Waals surface area (Å²) in [5.74, 6) is -2.64. The zero-order valence-corrected chi connectivity index (χ0v) is 28.5. The molecule has 0 radical (unpaired) electrons. The van der Waals surface area contributed by atoms with Crippen molar-refractivity contribution >= 4 is 17.3 Å². The lowest BCUT2D eigenvalue weighted by Crippen LogP contribution is -2.66. The molecule has 4 fully saturated rings. The van der Waals surface area contributed by atoms with E-state index in [2.05, 4.69) is 6.58 Å². The molecule has 0 aromatic carbocycles. The van der Waals surface area contributed by atoms with Crippen LogP contribution >= 0.6 is 0 Å². The Morgan fingerprint density at radius 3 is 2.30 bits per heavy atom. The molecule has 11 heteroatoms. The van der Waals surface area contributed by atoms with E-state index in [-0.39, 0.29) is 36.7 Å².